The van der Waals surface area contributed by atoms with Crippen LogP contribution in [0.15, 0.2) is 11.6 Å². The SMILES string of the molecule is O=C(Nc1nccs1)C(CC1CCCCC1)N1CCN(C(=S)NC2CC2)CC1=O. The molecule has 29 heavy (non-hydrogen) atoms. The minimum atomic E-state index is -0.443. The zero-order valence-corrected chi connectivity index (χ0v) is 18.3. The monoisotopic (exact) mass is 435 g/mol. The summed E-state index contributed by atoms with van der Waals surface area (Å²) in [6.45, 7) is 1.42. The normalized spacial score (nSPS) is 21.7. The van der Waals surface area contributed by atoms with Gasteiger partial charge in [-0.25, -0.2) is 4.98 Å². The summed E-state index contributed by atoms with van der Waals surface area (Å²) >= 11 is 6.86. The van der Waals surface area contributed by atoms with Gasteiger partial charge in [0, 0.05) is 30.7 Å². The van der Waals surface area contributed by atoms with E-state index in [1.807, 2.05) is 10.3 Å². The van der Waals surface area contributed by atoms with Crippen molar-refractivity contribution in [2.75, 3.05) is 25.0 Å². The Labute approximate surface area is 181 Å². The lowest BCUT2D eigenvalue weighted by Crippen LogP contribution is -2.59. The number of anilines is 1. The lowest BCUT2D eigenvalue weighted by Gasteiger charge is -2.40. The highest BCUT2D eigenvalue weighted by Crippen LogP contribution is 2.30. The first-order chi connectivity index (χ1) is 14.1. The zero-order valence-electron chi connectivity index (χ0n) is 16.6. The van der Waals surface area contributed by atoms with Crippen LogP contribution in [0.2, 0.25) is 0 Å². The largest absolute Gasteiger partial charge is 0.360 e. The smallest absolute Gasteiger partial charge is 0.248 e. The molecule has 2 heterocycles. The molecule has 4 rings (SSSR count). The van der Waals surface area contributed by atoms with Crippen molar-refractivity contribution in [3.8, 4) is 0 Å². The summed E-state index contributed by atoms with van der Waals surface area (Å²) in [4.78, 5) is 34.0. The maximum Gasteiger partial charge on any atom is 0.248 e. The number of aromatic nitrogens is 1. The third-order valence-electron chi connectivity index (χ3n) is 6.07. The van der Waals surface area contributed by atoms with E-state index >= 15 is 0 Å². The van der Waals surface area contributed by atoms with E-state index in [4.69, 9.17) is 12.2 Å². The molecule has 9 heteroatoms. The third-order valence-corrected chi connectivity index (χ3v) is 7.14. The highest BCUT2D eigenvalue weighted by molar-refractivity contribution is 7.80. The van der Waals surface area contributed by atoms with Gasteiger partial charge in [-0.3, -0.25) is 9.59 Å². The Bertz CT molecular complexity index is 731. The van der Waals surface area contributed by atoms with E-state index < -0.39 is 6.04 Å². The summed E-state index contributed by atoms with van der Waals surface area (Å²) in [6, 6.07) is 0.0281. The van der Waals surface area contributed by atoms with Crippen LogP contribution in [0, 0.1) is 5.92 Å². The standard InChI is InChI=1S/C20H29N5O2S2/c26-17-13-24(20(28)22-15-6-7-15)9-10-25(17)16(12-14-4-2-1-3-5-14)18(27)23-19-21-8-11-29-19/h8,11,14-16H,1-7,9-10,12-13H2,(H,22,28)(H,21,23,27). The summed E-state index contributed by atoms with van der Waals surface area (Å²) in [7, 11) is 0. The van der Waals surface area contributed by atoms with Gasteiger partial charge in [-0.15, -0.1) is 11.3 Å². The van der Waals surface area contributed by atoms with Crippen molar-refractivity contribution in [3.63, 3.8) is 0 Å². The van der Waals surface area contributed by atoms with Gasteiger partial charge in [0.15, 0.2) is 10.2 Å². The summed E-state index contributed by atoms with van der Waals surface area (Å²) in [5.74, 6) is 0.358. The molecule has 2 amide bonds. The fourth-order valence-corrected chi connectivity index (χ4v) is 5.13. The van der Waals surface area contributed by atoms with Gasteiger partial charge in [-0.05, 0) is 37.4 Å². The highest BCUT2D eigenvalue weighted by Gasteiger charge is 2.37. The number of thiocarbonyl (C=S) groups is 1. The van der Waals surface area contributed by atoms with Gasteiger partial charge in [-0.2, -0.15) is 0 Å². The maximum atomic E-state index is 13.1. The van der Waals surface area contributed by atoms with Gasteiger partial charge in [0.2, 0.25) is 11.8 Å². The van der Waals surface area contributed by atoms with Crippen LogP contribution < -0.4 is 10.6 Å². The molecule has 3 fully saturated rings. The number of amides is 2. The second kappa shape index (κ2) is 9.38. The number of hydrogen-bond acceptors (Lipinski definition) is 5. The Morgan fingerprint density at radius 3 is 2.69 bits per heavy atom. The fraction of sp³-hybridized carbons (Fsp3) is 0.700. The number of hydrogen-bond donors (Lipinski definition) is 2. The molecular formula is C20H29N5O2S2. The topological polar surface area (TPSA) is 77.6 Å². The lowest BCUT2D eigenvalue weighted by atomic mass is 9.84. The van der Waals surface area contributed by atoms with E-state index in [9.17, 15) is 9.59 Å². The summed E-state index contributed by atoms with van der Waals surface area (Å²) < 4.78 is 0. The van der Waals surface area contributed by atoms with Crippen molar-refractivity contribution in [2.45, 2.75) is 63.5 Å². The molecule has 1 aromatic heterocycles. The molecule has 1 atom stereocenters. The predicted molar refractivity (Wildman–Crippen MR) is 118 cm³/mol. The highest BCUT2D eigenvalue weighted by atomic mass is 32.1. The average Bonchev–Trinajstić information content (AvgIpc) is 3.39. The van der Waals surface area contributed by atoms with Gasteiger partial charge >= 0.3 is 0 Å². The Morgan fingerprint density at radius 1 is 1.24 bits per heavy atom. The second-order valence-electron chi connectivity index (χ2n) is 8.31. The van der Waals surface area contributed by atoms with Crippen LogP contribution in [0.25, 0.3) is 0 Å². The minimum Gasteiger partial charge on any atom is -0.360 e. The van der Waals surface area contributed by atoms with Gasteiger partial charge in [0.05, 0.1) is 6.54 Å². The Balaban J connectivity index is 1.42. The van der Waals surface area contributed by atoms with Crippen molar-refractivity contribution < 1.29 is 9.59 Å². The van der Waals surface area contributed by atoms with Gasteiger partial charge in [0.25, 0.3) is 0 Å². The van der Waals surface area contributed by atoms with E-state index in [-0.39, 0.29) is 18.4 Å². The molecule has 1 saturated heterocycles. The first kappa shape index (κ1) is 20.5. The van der Waals surface area contributed by atoms with Crippen LogP contribution in [0.1, 0.15) is 51.4 Å². The van der Waals surface area contributed by atoms with Crippen molar-refractivity contribution >= 4 is 45.6 Å². The van der Waals surface area contributed by atoms with Gasteiger partial charge in [-0.1, -0.05) is 32.1 Å². The van der Waals surface area contributed by atoms with E-state index in [2.05, 4.69) is 15.6 Å². The zero-order chi connectivity index (χ0) is 20.2. The summed E-state index contributed by atoms with van der Waals surface area (Å²) in [6.07, 6.45) is 10.7. The molecule has 2 aliphatic carbocycles. The van der Waals surface area contributed by atoms with Gasteiger partial charge < -0.3 is 20.4 Å². The molecule has 1 aromatic rings. The average molecular weight is 436 g/mol. The Morgan fingerprint density at radius 2 is 2.03 bits per heavy atom. The van der Waals surface area contributed by atoms with Crippen molar-refractivity contribution in [2.24, 2.45) is 5.92 Å². The minimum absolute atomic E-state index is 0.0219. The van der Waals surface area contributed by atoms with E-state index in [0.717, 1.165) is 32.1 Å². The number of nitrogens with one attached hydrogen (secondary N) is 2. The molecule has 1 aliphatic heterocycles. The molecule has 7 nitrogen and oxygen atoms in total. The molecule has 2 saturated carbocycles. The number of carbonyl (C=O) groups is 2. The fourth-order valence-electron chi connectivity index (χ4n) is 4.27. The molecule has 3 aliphatic rings. The molecule has 1 unspecified atom stereocenters. The number of nitrogens with zero attached hydrogens (tertiary/aromatic N) is 3. The van der Waals surface area contributed by atoms with Crippen LogP contribution in [0.3, 0.4) is 0 Å². The maximum absolute atomic E-state index is 13.1. The summed E-state index contributed by atoms with van der Waals surface area (Å²) in [5.41, 5.74) is 0. The molecule has 0 aromatic carbocycles. The van der Waals surface area contributed by atoms with E-state index in [1.54, 1.807) is 11.1 Å². The van der Waals surface area contributed by atoms with E-state index in [1.165, 1.54) is 30.6 Å². The second-order valence-corrected chi connectivity index (χ2v) is 9.60. The van der Waals surface area contributed by atoms with Crippen LogP contribution >= 0.6 is 23.6 Å². The predicted octanol–water partition coefficient (Wildman–Crippen LogP) is 2.60. The molecule has 158 valence electrons. The third kappa shape index (κ3) is 5.45. The Kier molecular flexibility index (Phi) is 6.64. The van der Waals surface area contributed by atoms with Crippen LogP contribution in [-0.4, -0.2) is 63.4 Å². The van der Waals surface area contributed by atoms with Crippen LogP contribution in [0.4, 0.5) is 5.13 Å². The first-order valence-corrected chi connectivity index (χ1v) is 11.9. The number of carbonyl (C=O) groups excluding carboxylic acids is 2. The molecule has 0 radical (unpaired) electrons. The van der Waals surface area contributed by atoms with Crippen LogP contribution in [0.5, 0.6) is 0 Å². The molecule has 0 bridgehead atoms. The molecular weight excluding hydrogens is 406 g/mol. The van der Waals surface area contributed by atoms with Crippen molar-refractivity contribution in [3.05, 3.63) is 11.6 Å². The molecule has 2 N–H and O–H groups in total. The van der Waals surface area contributed by atoms with E-state index in [0.29, 0.717) is 35.3 Å². The van der Waals surface area contributed by atoms with Crippen molar-refractivity contribution in [1.29, 1.82) is 0 Å². The van der Waals surface area contributed by atoms with Gasteiger partial charge in [0.1, 0.15) is 6.04 Å². The number of rotatable bonds is 6. The number of piperazine rings is 1. The van der Waals surface area contributed by atoms with Crippen LogP contribution in [-0.2, 0) is 9.59 Å². The van der Waals surface area contributed by atoms with Crippen molar-refractivity contribution in [1.82, 2.24) is 20.1 Å². The quantitative estimate of drug-likeness (QED) is 0.669. The lowest BCUT2D eigenvalue weighted by molar-refractivity contribution is -0.142. The first-order valence-electron chi connectivity index (χ1n) is 10.7. The Hall–Kier alpha value is -1.74. The molecule has 0 spiro atoms. The summed E-state index contributed by atoms with van der Waals surface area (Å²) in [5, 5.41) is 9.32. The number of thiazole rings is 1.